The van der Waals surface area contributed by atoms with Crippen LogP contribution in [0.25, 0.3) is 0 Å². The molecule has 4 heteroatoms. The normalized spacial score (nSPS) is 45.6. The highest BCUT2D eigenvalue weighted by Gasteiger charge is 2.66. The van der Waals surface area contributed by atoms with Crippen LogP contribution in [0.2, 0.25) is 0 Å². The summed E-state index contributed by atoms with van der Waals surface area (Å²) in [6.45, 7) is 3.85. The van der Waals surface area contributed by atoms with Crippen LogP contribution in [0.5, 0.6) is 0 Å². The van der Waals surface area contributed by atoms with Gasteiger partial charge in [-0.05, 0) is 74.0 Å². The minimum absolute atomic E-state index is 0.00428. The highest BCUT2D eigenvalue weighted by atomic mass is 16.6. The topological polar surface area (TPSA) is 58.6 Å². The average molecular weight is 347 g/mol. The molecule has 6 atom stereocenters. The smallest absolute Gasteiger partial charge is 0.310 e. The first-order chi connectivity index (χ1) is 12.1. The van der Waals surface area contributed by atoms with Crippen LogP contribution in [0, 0.1) is 40.4 Å². The maximum Gasteiger partial charge on any atom is 0.310 e. The van der Waals surface area contributed by atoms with Crippen molar-refractivity contribution in [3.63, 3.8) is 0 Å². The van der Waals surface area contributed by atoms with Gasteiger partial charge in [0, 0.05) is 24.9 Å². The maximum atomic E-state index is 12.7. The maximum absolute atomic E-state index is 12.7. The molecule has 25 heavy (non-hydrogen) atoms. The van der Waals surface area contributed by atoms with Gasteiger partial charge in [-0.2, -0.15) is 0 Å². The summed E-state index contributed by atoms with van der Waals surface area (Å²) in [5.74, 6) is 2.51. The van der Waals surface area contributed by atoms with Crippen LogP contribution in [0.1, 0.15) is 58.3 Å². The van der Waals surface area contributed by atoms with Gasteiger partial charge in [-0.15, -0.1) is 0 Å². The van der Waals surface area contributed by atoms with Gasteiger partial charge in [-0.3, -0.25) is 4.79 Å². The van der Waals surface area contributed by atoms with E-state index in [-0.39, 0.29) is 24.6 Å². The van der Waals surface area contributed by atoms with Crippen molar-refractivity contribution in [2.75, 3.05) is 19.7 Å². The summed E-state index contributed by atoms with van der Waals surface area (Å²) in [5.41, 5.74) is 1.18. The number of hydrogen-bond donors (Lipinski definition) is 2. The molecule has 0 aromatic carbocycles. The van der Waals surface area contributed by atoms with Crippen molar-refractivity contribution in [2.24, 2.45) is 40.4 Å². The van der Waals surface area contributed by atoms with Gasteiger partial charge in [-0.25, -0.2) is 0 Å². The molecule has 4 saturated carbocycles. The van der Waals surface area contributed by atoms with E-state index >= 15 is 0 Å². The Labute approximate surface area is 151 Å². The molecule has 0 amide bonds. The number of aliphatic hydroxyl groups is 1. The zero-order valence-electron chi connectivity index (χ0n) is 15.5. The second kappa shape index (κ2) is 5.69. The Morgan fingerprint density at radius 2 is 1.84 bits per heavy atom. The summed E-state index contributed by atoms with van der Waals surface area (Å²) in [6, 6.07) is 0. The number of ether oxygens (including phenoxy) is 1. The van der Waals surface area contributed by atoms with Crippen LogP contribution in [0.15, 0.2) is 0 Å². The molecule has 1 saturated heterocycles. The second-order valence-corrected chi connectivity index (χ2v) is 9.87. The van der Waals surface area contributed by atoms with Gasteiger partial charge in [0.1, 0.15) is 6.10 Å². The molecule has 4 nitrogen and oxygen atoms in total. The zero-order chi connectivity index (χ0) is 17.2. The summed E-state index contributed by atoms with van der Waals surface area (Å²) < 4.78 is 6.13. The molecule has 2 N–H and O–H groups in total. The Hall–Kier alpha value is -0.610. The lowest BCUT2D eigenvalue weighted by Gasteiger charge is -2.47. The van der Waals surface area contributed by atoms with Gasteiger partial charge in [-0.1, -0.05) is 6.92 Å². The predicted molar refractivity (Wildman–Crippen MR) is 94.8 cm³/mol. The van der Waals surface area contributed by atoms with E-state index in [1.165, 1.54) is 44.9 Å². The molecule has 0 radical (unpaired) electrons. The fourth-order valence-corrected chi connectivity index (χ4v) is 7.15. The van der Waals surface area contributed by atoms with E-state index in [1.807, 2.05) is 0 Å². The van der Waals surface area contributed by atoms with Crippen molar-refractivity contribution >= 4 is 5.97 Å². The number of carbonyl (C=O) groups is 1. The minimum Gasteiger partial charge on any atom is -0.461 e. The summed E-state index contributed by atoms with van der Waals surface area (Å²) in [7, 11) is 0. The molecule has 2 spiro atoms. The second-order valence-electron chi connectivity index (χ2n) is 9.87. The lowest BCUT2D eigenvalue weighted by molar-refractivity contribution is -0.150. The van der Waals surface area contributed by atoms with E-state index in [2.05, 4.69) is 12.2 Å². The minimum atomic E-state index is -0.00428. The third-order valence-corrected chi connectivity index (χ3v) is 9.03. The first kappa shape index (κ1) is 16.6. The van der Waals surface area contributed by atoms with Crippen LogP contribution >= 0.6 is 0 Å². The summed E-state index contributed by atoms with van der Waals surface area (Å²) in [6.07, 6.45) is 11.0. The van der Waals surface area contributed by atoms with Crippen molar-refractivity contribution in [2.45, 2.75) is 64.4 Å². The Kier molecular flexibility index (Phi) is 3.77. The van der Waals surface area contributed by atoms with Gasteiger partial charge in [0.2, 0.25) is 0 Å². The molecule has 4 aliphatic carbocycles. The first-order valence-corrected chi connectivity index (χ1v) is 10.6. The van der Waals surface area contributed by atoms with E-state index < -0.39 is 0 Å². The van der Waals surface area contributed by atoms with Crippen LogP contribution < -0.4 is 5.32 Å². The first-order valence-electron chi connectivity index (χ1n) is 10.6. The van der Waals surface area contributed by atoms with E-state index in [4.69, 9.17) is 9.84 Å². The fourth-order valence-electron chi connectivity index (χ4n) is 7.15. The Balaban J connectivity index is 1.43. The Morgan fingerprint density at radius 1 is 1.12 bits per heavy atom. The van der Waals surface area contributed by atoms with Gasteiger partial charge >= 0.3 is 5.97 Å². The Bertz CT molecular complexity index is 553. The van der Waals surface area contributed by atoms with Crippen molar-refractivity contribution in [3.8, 4) is 0 Å². The van der Waals surface area contributed by atoms with Crippen LogP contribution in [-0.4, -0.2) is 36.9 Å². The monoisotopic (exact) mass is 347 g/mol. The molecule has 1 heterocycles. The van der Waals surface area contributed by atoms with E-state index in [0.29, 0.717) is 41.7 Å². The van der Waals surface area contributed by atoms with Crippen LogP contribution in [0.3, 0.4) is 0 Å². The van der Waals surface area contributed by atoms with Crippen molar-refractivity contribution in [1.29, 1.82) is 0 Å². The number of aliphatic hydroxyl groups excluding tert-OH is 1. The predicted octanol–water partition coefficient (Wildman–Crippen LogP) is 2.74. The van der Waals surface area contributed by atoms with E-state index in [9.17, 15) is 4.79 Å². The van der Waals surface area contributed by atoms with Gasteiger partial charge in [0.05, 0.1) is 12.5 Å². The number of esters is 1. The molecule has 0 aromatic rings. The third-order valence-electron chi connectivity index (χ3n) is 9.03. The molecule has 1 aliphatic heterocycles. The summed E-state index contributed by atoms with van der Waals surface area (Å²) in [4.78, 5) is 12.7. The lowest BCUT2D eigenvalue weighted by Crippen LogP contribution is -2.45. The van der Waals surface area contributed by atoms with Crippen molar-refractivity contribution in [1.82, 2.24) is 5.32 Å². The number of nitrogens with one attached hydrogen (secondary N) is 1. The quantitative estimate of drug-likeness (QED) is 0.606. The van der Waals surface area contributed by atoms with E-state index in [0.717, 1.165) is 12.3 Å². The van der Waals surface area contributed by atoms with Crippen molar-refractivity contribution < 1.29 is 14.6 Å². The highest BCUT2D eigenvalue weighted by Crippen LogP contribution is 2.71. The molecule has 140 valence electrons. The molecule has 5 rings (SSSR count). The SMILES string of the molecule is CC1C2C3OC(=O)C(CNCCO)C3CCC3(CC3)C2CCC12CC2. The van der Waals surface area contributed by atoms with Crippen LogP contribution in [-0.2, 0) is 9.53 Å². The largest absolute Gasteiger partial charge is 0.461 e. The Morgan fingerprint density at radius 3 is 2.52 bits per heavy atom. The molecular weight excluding hydrogens is 314 g/mol. The number of fused-ring (bicyclic) bond motifs is 4. The zero-order valence-corrected chi connectivity index (χ0v) is 15.5. The number of rotatable bonds is 4. The van der Waals surface area contributed by atoms with Crippen molar-refractivity contribution in [3.05, 3.63) is 0 Å². The fraction of sp³-hybridized carbons (Fsp3) is 0.952. The lowest BCUT2D eigenvalue weighted by atomic mass is 9.59. The van der Waals surface area contributed by atoms with Gasteiger partial charge < -0.3 is 15.2 Å². The molecule has 5 aliphatic rings. The molecule has 0 aromatic heterocycles. The highest BCUT2D eigenvalue weighted by molar-refractivity contribution is 5.75. The van der Waals surface area contributed by atoms with Gasteiger partial charge in [0.15, 0.2) is 0 Å². The van der Waals surface area contributed by atoms with Gasteiger partial charge in [0.25, 0.3) is 0 Å². The third kappa shape index (κ3) is 2.43. The number of carbonyl (C=O) groups excluding carboxylic acids is 1. The van der Waals surface area contributed by atoms with E-state index in [1.54, 1.807) is 0 Å². The standard InChI is InChI=1S/C21H33NO3/c1-13-17-16(3-5-20(13)6-7-20)21(8-9-21)4-2-14-15(12-22-10-11-23)19(24)25-18(14)17/h13-18,22-23H,2-12H2,1H3. The summed E-state index contributed by atoms with van der Waals surface area (Å²) >= 11 is 0. The average Bonchev–Trinajstić information content (AvgIpc) is 3.51. The van der Waals surface area contributed by atoms with Crippen LogP contribution in [0.4, 0.5) is 0 Å². The molecule has 6 unspecified atom stereocenters. The number of hydrogen-bond acceptors (Lipinski definition) is 4. The molecule has 0 bridgehead atoms. The molecule has 5 fully saturated rings. The summed E-state index contributed by atoms with van der Waals surface area (Å²) in [5, 5.41) is 12.3. The molecular formula is C21H33NO3.